The monoisotopic (exact) mass is 780 g/mol. The molecule has 0 heterocycles. The van der Waals surface area contributed by atoms with Crippen LogP contribution < -0.4 is 0 Å². The molecule has 0 aliphatic heterocycles. The smallest absolute Gasteiger partial charge is 0 e. The average Bonchev–Trinajstić information content (AvgIpc) is 1.65. The molecule has 0 fully saturated rings. The van der Waals surface area contributed by atoms with E-state index in [1.165, 1.54) is 14.1 Å². The number of rotatable bonds is 2. The van der Waals surface area contributed by atoms with Crippen LogP contribution in [0.1, 0.15) is 0 Å². The molecule has 0 aromatic rings. The Morgan fingerprint density at radius 2 is 1.11 bits per heavy atom. The van der Waals surface area contributed by atoms with Crippen LogP contribution in [0.25, 0.3) is 0 Å². The minimum atomic E-state index is -0.259. The van der Waals surface area contributed by atoms with E-state index >= 15 is 0 Å². The zero-order valence-electron chi connectivity index (χ0n) is 4.96. The van der Waals surface area contributed by atoms with Crippen LogP contribution in [0.5, 0.6) is 0 Å². The van der Waals surface area contributed by atoms with Crippen LogP contribution in [0.3, 0.4) is 0 Å². The van der Waals surface area contributed by atoms with E-state index in [2.05, 4.69) is 0 Å². The maximum Gasteiger partial charge on any atom is 0 e. The van der Waals surface area contributed by atoms with Crippen LogP contribution in [-0.4, -0.2) is 43.7 Å². The molecule has 0 bridgehead atoms. The largest absolute Gasteiger partial charge is 0 e. The van der Waals surface area contributed by atoms with E-state index in [9.17, 15) is 0 Å². The summed E-state index contributed by atoms with van der Waals surface area (Å²) in [6.07, 6.45) is -0.259. The molecule has 0 unspecified atom stereocenters. The van der Waals surface area contributed by atoms with Crippen molar-refractivity contribution in [3.8, 4) is 0 Å². The summed E-state index contributed by atoms with van der Waals surface area (Å²) in [7, 11) is 17.6. The van der Waals surface area contributed by atoms with Gasteiger partial charge in [0.2, 0.25) is 0 Å². The third-order valence-corrected chi connectivity index (χ3v) is 0.444. The van der Waals surface area contributed by atoms with Gasteiger partial charge in [0.25, 0.3) is 0 Å². The van der Waals surface area contributed by atoms with Crippen LogP contribution in [0, 0.1) is 93.3 Å². The molecule has 0 spiro atoms. The van der Waals surface area contributed by atoms with Gasteiger partial charge >= 0.3 is 0 Å². The standard InChI is InChI=1S/B6.3U/c1-4-6(3)5-2;;;. The molecule has 0 saturated carbocycles. The first-order valence-electron chi connectivity index (χ1n) is 1.67. The van der Waals surface area contributed by atoms with E-state index in [0.717, 1.165) is 0 Å². The van der Waals surface area contributed by atoms with E-state index in [1.54, 1.807) is 0 Å². The van der Waals surface area contributed by atoms with E-state index in [0.29, 0.717) is 0 Å². The Balaban J connectivity index is -0.0000000417. The van der Waals surface area contributed by atoms with Gasteiger partial charge in [-0.15, -0.1) is 0 Å². The van der Waals surface area contributed by atoms with Crippen molar-refractivity contribution in [2.45, 2.75) is 0 Å². The first-order chi connectivity index (χ1) is 2.81. The second kappa shape index (κ2) is 17.6. The van der Waals surface area contributed by atoms with Crippen molar-refractivity contribution < 1.29 is 93.3 Å². The van der Waals surface area contributed by atoms with Gasteiger partial charge in [-0.1, -0.05) is 0 Å². The molecule has 0 aromatic carbocycles. The van der Waals surface area contributed by atoms with Crippen molar-refractivity contribution in [3.63, 3.8) is 0 Å². The summed E-state index contributed by atoms with van der Waals surface area (Å²) in [4.78, 5) is 0. The minimum absolute atomic E-state index is 0. The fourth-order valence-electron chi connectivity index (χ4n) is 0.0642. The Morgan fingerprint density at radius 1 is 0.889 bits per heavy atom. The topological polar surface area (TPSA) is 0 Å². The van der Waals surface area contributed by atoms with E-state index < -0.39 is 0 Å². The summed E-state index contributed by atoms with van der Waals surface area (Å²) in [5.74, 6) is 0. The van der Waals surface area contributed by atoms with E-state index in [-0.39, 0.29) is 99.7 Å². The normalized spacial score (nSPS) is 4.44. The maximum atomic E-state index is 5.11. The van der Waals surface area contributed by atoms with Crippen molar-refractivity contribution >= 4 is 43.7 Å². The second-order valence-corrected chi connectivity index (χ2v) is 0.962. The maximum absolute atomic E-state index is 5.11. The summed E-state index contributed by atoms with van der Waals surface area (Å²) < 4.78 is 0. The molecular weight excluding hydrogens is 779 g/mol. The van der Waals surface area contributed by atoms with Crippen molar-refractivity contribution in [1.29, 1.82) is 0 Å². The molecule has 0 atom stereocenters. The van der Waals surface area contributed by atoms with Crippen LogP contribution in [0.15, 0.2) is 0 Å². The Morgan fingerprint density at radius 3 is 1.11 bits per heavy atom. The molecule has 9 heavy (non-hydrogen) atoms. The summed E-state index contributed by atoms with van der Waals surface area (Å²) in [5, 5.41) is 0. The summed E-state index contributed by atoms with van der Waals surface area (Å²) in [5.41, 5.74) is 0. The third kappa shape index (κ3) is 18.5. The van der Waals surface area contributed by atoms with Crippen molar-refractivity contribution in [2.75, 3.05) is 0 Å². The Labute approximate surface area is 134 Å². The van der Waals surface area contributed by atoms with Crippen molar-refractivity contribution in [2.24, 2.45) is 0 Å². The zero-order chi connectivity index (χ0) is 4.99. The molecule has 0 aromatic heterocycles. The van der Waals surface area contributed by atoms with Crippen molar-refractivity contribution in [3.05, 3.63) is 0 Å². The van der Waals surface area contributed by atoms with Gasteiger partial charge < -0.3 is 0 Å². The van der Waals surface area contributed by atoms with Gasteiger partial charge in [-0.05, 0) is 0 Å². The molecule has 0 saturated heterocycles. The summed E-state index contributed by atoms with van der Waals surface area (Å²) in [6.45, 7) is 0. The van der Waals surface area contributed by atoms with Crippen LogP contribution in [0.2, 0.25) is 0 Å². The first kappa shape index (κ1) is 22.9. The van der Waals surface area contributed by atoms with E-state index in [1.807, 2.05) is 0 Å². The molecule has 0 nitrogen and oxygen atoms in total. The molecule has 0 N–H and O–H groups in total. The van der Waals surface area contributed by atoms with Gasteiger partial charge in [0.1, 0.15) is 0 Å². The van der Waals surface area contributed by atoms with Gasteiger partial charge in [-0.2, -0.15) is 0 Å². The molecule has 0 aliphatic carbocycles. The van der Waals surface area contributed by atoms with Crippen molar-refractivity contribution in [1.82, 2.24) is 0 Å². The Hall–Kier alpha value is 3.55. The average molecular weight is 779 g/mol. The molecular formula is B6U3. The zero-order valence-corrected chi connectivity index (χ0v) is 17.5. The fraction of sp³-hybridized carbons (Fsp3) is 0. The molecule has 0 amide bonds. The molecule has 8 radical (unpaired) electrons. The van der Waals surface area contributed by atoms with Gasteiger partial charge in [0.15, 0.2) is 0 Å². The number of hydrogen-bond acceptors (Lipinski definition) is 0. The first-order valence-corrected chi connectivity index (χ1v) is 1.67. The van der Waals surface area contributed by atoms with Crippen LogP contribution in [0.4, 0.5) is 0 Å². The SMILES string of the molecule is [B][B]B([B])[B][B].[U].[U].[U]. The number of hydrogen-bond donors (Lipinski definition) is 0. The molecule has 30 valence electrons. The third-order valence-electron chi connectivity index (χ3n) is 0.444. The fourth-order valence-corrected chi connectivity index (χ4v) is 0.0642. The van der Waals surface area contributed by atoms with E-state index in [4.69, 9.17) is 23.2 Å². The van der Waals surface area contributed by atoms with Gasteiger partial charge in [0, 0.05) is 137 Å². The molecule has 9 heteroatoms. The van der Waals surface area contributed by atoms with Gasteiger partial charge in [0.05, 0.1) is 0 Å². The predicted molar refractivity (Wildman–Crippen MR) is 34.5 cm³/mol. The van der Waals surface area contributed by atoms with Gasteiger partial charge in [-0.25, -0.2) is 0 Å². The van der Waals surface area contributed by atoms with Crippen LogP contribution in [-0.2, 0) is 0 Å². The minimum Gasteiger partial charge on any atom is 0 e. The Bertz CT molecular complexity index is 27.5. The summed E-state index contributed by atoms with van der Waals surface area (Å²) >= 11 is 0. The van der Waals surface area contributed by atoms with Gasteiger partial charge in [-0.3, -0.25) is 0 Å². The Kier molecular flexibility index (Phi) is 44.7. The quantitative estimate of drug-likeness (QED) is 0.278. The molecule has 0 rings (SSSR count). The molecule has 0 aliphatic rings. The second-order valence-electron chi connectivity index (χ2n) is 0.962. The predicted octanol–water partition coefficient (Wildman–Crippen LogP) is -2.28. The van der Waals surface area contributed by atoms with Crippen LogP contribution >= 0.6 is 0 Å². The summed E-state index contributed by atoms with van der Waals surface area (Å²) in [6, 6.07) is 0.